The maximum atomic E-state index is 14.3. The molecule has 2 amide bonds. The molecule has 2 saturated heterocycles. The van der Waals surface area contributed by atoms with Crippen LogP contribution in [0.1, 0.15) is 60.9 Å². The largest absolute Gasteiger partial charge is 0.493 e. The van der Waals surface area contributed by atoms with Crippen LogP contribution >= 0.6 is 0 Å². The van der Waals surface area contributed by atoms with Crippen LogP contribution in [-0.2, 0) is 27.2 Å². The molecule has 3 aliphatic heterocycles. The van der Waals surface area contributed by atoms with E-state index in [9.17, 15) is 23.9 Å². The number of nitrogens with zero attached hydrogens (tertiary/aromatic N) is 2. The molecule has 10 nitrogen and oxygen atoms in total. The number of carboxylic acid groups (broad SMARTS) is 1. The van der Waals surface area contributed by atoms with E-state index in [-0.39, 0.29) is 37.5 Å². The van der Waals surface area contributed by atoms with Crippen molar-refractivity contribution in [3.63, 3.8) is 0 Å². The average molecular weight is 632 g/mol. The Bertz CT molecular complexity index is 1640. The number of amides is 2. The Labute approximate surface area is 267 Å². The summed E-state index contributed by atoms with van der Waals surface area (Å²) in [5.74, 6) is -1.70. The van der Waals surface area contributed by atoms with Crippen molar-refractivity contribution in [1.82, 2.24) is 4.90 Å². The van der Waals surface area contributed by atoms with Gasteiger partial charge in [-0.1, -0.05) is 26.0 Å². The third kappa shape index (κ3) is 5.87. The fourth-order valence-electron chi connectivity index (χ4n) is 7.07. The smallest absolute Gasteiger partial charge is 0.309 e. The number of aliphatic carboxylic acids is 1. The topological polar surface area (TPSA) is 118 Å². The molecular formula is C35H38FN3O7. The molecule has 0 saturated carbocycles. The number of likely N-dealkylation sites (tertiary alicyclic amines) is 1. The van der Waals surface area contributed by atoms with Gasteiger partial charge in [0.15, 0.2) is 11.5 Å². The van der Waals surface area contributed by atoms with E-state index in [1.165, 1.54) is 19.2 Å². The Balaban J connectivity index is 1.36. The number of carbonyl (C=O) groups excluding carboxylic acids is 2. The molecule has 0 aromatic heterocycles. The number of anilines is 2. The predicted octanol–water partition coefficient (Wildman–Crippen LogP) is 5.29. The fraction of sp³-hybridized carbons (Fsp3) is 0.400. The second-order valence-electron chi connectivity index (χ2n) is 11.9. The minimum atomic E-state index is -1.01. The lowest BCUT2D eigenvalue weighted by molar-refractivity contribution is -0.143. The molecule has 0 radical (unpaired) electrons. The Morgan fingerprint density at radius 3 is 2.37 bits per heavy atom. The second-order valence-corrected chi connectivity index (χ2v) is 11.9. The van der Waals surface area contributed by atoms with Gasteiger partial charge in [0.1, 0.15) is 5.82 Å². The van der Waals surface area contributed by atoms with Gasteiger partial charge in [-0.05, 0) is 77.9 Å². The molecule has 3 aliphatic rings. The van der Waals surface area contributed by atoms with Gasteiger partial charge in [-0.15, -0.1) is 0 Å². The first-order valence-electron chi connectivity index (χ1n) is 15.7. The van der Waals surface area contributed by atoms with Crippen molar-refractivity contribution in [2.75, 3.05) is 43.8 Å². The molecule has 3 heterocycles. The van der Waals surface area contributed by atoms with Crippen molar-refractivity contribution in [2.45, 2.75) is 51.5 Å². The van der Waals surface area contributed by atoms with Crippen molar-refractivity contribution >= 4 is 29.2 Å². The van der Waals surface area contributed by atoms with E-state index in [1.54, 1.807) is 17.0 Å². The molecule has 6 rings (SSSR count). The number of carbonyl (C=O) groups is 3. The van der Waals surface area contributed by atoms with Gasteiger partial charge in [0, 0.05) is 42.8 Å². The van der Waals surface area contributed by atoms with Crippen molar-refractivity contribution in [2.24, 2.45) is 5.92 Å². The molecule has 3 aromatic carbocycles. The standard InChI is InChI=1S/C35H38FN3O7/c1-4-20-13-24(36)14-21(5-2)32(20)37-29(40)18-38-17-26(23-15-27(44-3)34-28(16-23)45-19-46-34)31(35(42)43)33(38)22-8-10-25(11-9-22)39-12-6-7-30(39)41/h8-11,13-16,26,31,33H,4-7,12,17-19H2,1-3H3,(H,37,40)(H,42,43)/t26-,31?,33+/m1/s1. The van der Waals surface area contributed by atoms with E-state index in [0.717, 1.165) is 17.7 Å². The highest BCUT2D eigenvalue weighted by Gasteiger charge is 2.48. The number of methoxy groups -OCH3 is 1. The molecule has 1 unspecified atom stereocenters. The monoisotopic (exact) mass is 631 g/mol. The maximum Gasteiger partial charge on any atom is 0.309 e. The summed E-state index contributed by atoms with van der Waals surface area (Å²) in [6, 6.07) is 13.1. The lowest BCUT2D eigenvalue weighted by atomic mass is 9.82. The Kier molecular flexibility index (Phi) is 8.86. The molecule has 0 aliphatic carbocycles. The molecule has 11 heteroatoms. The minimum Gasteiger partial charge on any atom is -0.493 e. The number of fused-ring (bicyclic) bond motifs is 1. The molecule has 2 fully saturated rings. The summed E-state index contributed by atoms with van der Waals surface area (Å²) >= 11 is 0. The summed E-state index contributed by atoms with van der Waals surface area (Å²) < 4.78 is 31.0. The summed E-state index contributed by atoms with van der Waals surface area (Å²) in [6.45, 7) is 4.65. The van der Waals surface area contributed by atoms with Crippen molar-refractivity contribution < 1.29 is 38.1 Å². The third-order valence-electron chi connectivity index (χ3n) is 9.25. The summed E-state index contributed by atoms with van der Waals surface area (Å²) in [5.41, 5.74) is 4.16. The van der Waals surface area contributed by atoms with Crippen LogP contribution in [0.15, 0.2) is 48.5 Å². The summed E-state index contributed by atoms with van der Waals surface area (Å²) in [4.78, 5) is 42.8. The molecule has 0 bridgehead atoms. The highest BCUT2D eigenvalue weighted by Crippen LogP contribution is 2.50. The van der Waals surface area contributed by atoms with Crippen LogP contribution in [0, 0.1) is 11.7 Å². The average Bonchev–Trinajstić information content (AvgIpc) is 3.79. The summed E-state index contributed by atoms with van der Waals surface area (Å²) in [6.07, 6.45) is 2.37. The quantitative estimate of drug-likeness (QED) is 0.310. The highest BCUT2D eigenvalue weighted by molar-refractivity contribution is 5.95. The number of hydrogen-bond donors (Lipinski definition) is 2. The van der Waals surface area contributed by atoms with E-state index in [1.807, 2.05) is 43.0 Å². The van der Waals surface area contributed by atoms with Crippen molar-refractivity contribution in [3.05, 3.63) is 76.6 Å². The van der Waals surface area contributed by atoms with E-state index in [0.29, 0.717) is 65.4 Å². The molecule has 242 valence electrons. The normalized spacial score (nSPS) is 20.7. The Morgan fingerprint density at radius 1 is 1.04 bits per heavy atom. The number of nitrogens with one attached hydrogen (secondary N) is 1. The van der Waals surface area contributed by atoms with Crippen molar-refractivity contribution in [1.29, 1.82) is 0 Å². The van der Waals surface area contributed by atoms with E-state index < -0.39 is 23.8 Å². The van der Waals surface area contributed by atoms with Gasteiger partial charge in [-0.25, -0.2) is 4.39 Å². The summed E-state index contributed by atoms with van der Waals surface area (Å²) in [5, 5.41) is 13.7. The van der Waals surface area contributed by atoms with Crippen LogP contribution in [0.2, 0.25) is 0 Å². The number of hydrogen-bond acceptors (Lipinski definition) is 7. The summed E-state index contributed by atoms with van der Waals surface area (Å²) in [7, 11) is 1.51. The number of carboxylic acids is 1. The lowest BCUT2D eigenvalue weighted by Gasteiger charge is -2.28. The van der Waals surface area contributed by atoms with Gasteiger partial charge in [0.25, 0.3) is 0 Å². The molecule has 0 spiro atoms. The van der Waals surface area contributed by atoms with Crippen LogP contribution in [-0.4, -0.2) is 61.3 Å². The number of halogens is 1. The van der Waals surface area contributed by atoms with Gasteiger partial charge in [-0.2, -0.15) is 0 Å². The molecule has 46 heavy (non-hydrogen) atoms. The first-order chi connectivity index (χ1) is 22.2. The highest BCUT2D eigenvalue weighted by atomic mass is 19.1. The molecular weight excluding hydrogens is 593 g/mol. The van der Waals surface area contributed by atoms with Gasteiger partial charge in [-0.3, -0.25) is 19.3 Å². The third-order valence-corrected chi connectivity index (χ3v) is 9.25. The Morgan fingerprint density at radius 2 is 1.76 bits per heavy atom. The van der Waals surface area contributed by atoms with Crippen LogP contribution in [0.3, 0.4) is 0 Å². The predicted molar refractivity (Wildman–Crippen MR) is 169 cm³/mol. The van der Waals surface area contributed by atoms with Gasteiger partial charge >= 0.3 is 5.97 Å². The minimum absolute atomic E-state index is 0.0336. The second kappa shape index (κ2) is 13.0. The van der Waals surface area contributed by atoms with Crippen molar-refractivity contribution in [3.8, 4) is 17.2 Å². The van der Waals surface area contributed by atoms with Crippen LogP contribution in [0.5, 0.6) is 17.2 Å². The van der Waals surface area contributed by atoms with E-state index >= 15 is 0 Å². The number of ether oxygens (including phenoxy) is 3. The number of rotatable bonds is 10. The SMILES string of the molecule is CCc1cc(F)cc(CC)c1NC(=O)CN1C[C@H](c2cc(OC)c3c(c2)OCO3)C(C(=O)O)[C@@H]1c1ccc(N2CCCC2=O)cc1. The van der Waals surface area contributed by atoms with Crippen LogP contribution in [0.4, 0.5) is 15.8 Å². The zero-order chi connectivity index (χ0) is 32.5. The van der Waals surface area contributed by atoms with Crippen LogP contribution < -0.4 is 24.4 Å². The first kappa shape index (κ1) is 31.3. The van der Waals surface area contributed by atoms with E-state index in [2.05, 4.69) is 5.32 Å². The van der Waals surface area contributed by atoms with Gasteiger partial charge in [0.05, 0.1) is 19.6 Å². The molecule has 2 N–H and O–H groups in total. The van der Waals surface area contributed by atoms with Gasteiger partial charge in [0.2, 0.25) is 24.4 Å². The van der Waals surface area contributed by atoms with Crippen LogP contribution in [0.25, 0.3) is 0 Å². The number of benzene rings is 3. The van der Waals surface area contributed by atoms with E-state index in [4.69, 9.17) is 14.2 Å². The lowest BCUT2D eigenvalue weighted by Crippen LogP contribution is -2.35. The molecule has 3 atom stereocenters. The Hall–Kier alpha value is -4.64. The zero-order valence-corrected chi connectivity index (χ0v) is 26.2. The first-order valence-corrected chi connectivity index (χ1v) is 15.7. The maximum absolute atomic E-state index is 14.3. The molecule has 3 aromatic rings. The number of aryl methyl sites for hydroxylation is 2. The fourth-order valence-corrected chi connectivity index (χ4v) is 7.07. The zero-order valence-electron chi connectivity index (χ0n) is 26.2. The van der Waals surface area contributed by atoms with Gasteiger partial charge < -0.3 is 29.5 Å².